The Morgan fingerprint density at radius 1 is 0.927 bits per heavy atom. The van der Waals surface area contributed by atoms with Crippen molar-refractivity contribution in [3.63, 3.8) is 0 Å². The second-order valence-corrected chi connectivity index (χ2v) is 11.6. The fourth-order valence-corrected chi connectivity index (χ4v) is 5.09. The molecule has 2 fully saturated rings. The maximum Gasteiger partial charge on any atom is 0.433 e. The molecule has 0 bridgehead atoms. The summed E-state index contributed by atoms with van der Waals surface area (Å²) in [5.41, 5.74) is -0.429. The van der Waals surface area contributed by atoms with Crippen molar-refractivity contribution >= 4 is 17.5 Å². The predicted molar refractivity (Wildman–Crippen MR) is 154 cm³/mol. The lowest BCUT2D eigenvalue weighted by Gasteiger charge is -2.36. The maximum atomic E-state index is 13.5. The zero-order chi connectivity index (χ0) is 29.6. The lowest BCUT2D eigenvalue weighted by molar-refractivity contribution is -0.141. The van der Waals surface area contributed by atoms with E-state index in [4.69, 9.17) is 4.74 Å². The van der Waals surface area contributed by atoms with Gasteiger partial charge in [-0.3, -0.25) is 4.90 Å². The number of nitrogens with zero attached hydrogens (tertiary/aromatic N) is 6. The van der Waals surface area contributed by atoms with Gasteiger partial charge in [-0.15, -0.1) is 0 Å². The molecule has 0 aliphatic carbocycles. The van der Waals surface area contributed by atoms with Gasteiger partial charge in [0, 0.05) is 70.4 Å². The highest BCUT2D eigenvalue weighted by molar-refractivity contribution is 5.74. The van der Waals surface area contributed by atoms with Crippen LogP contribution in [0.3, 0.4) is 0 Å². The van der Waals surface area contributed by atoms with E-state index in [1.165, 1.54) is 0 Å². The van der Waals surface area contributed by atoms with E-state index in [-0.39, 0.29) is 11.9 Å². The van der Waals surface area contributed by atoms with Crippen LogP contribution < -0.4 is 19.9 Å². The van der Waals surface area contributed by atoms with Crippen LogP contribution in [0.25, 0.3) is 0 Å². The minimum absolute atomic E-state index is 0.0315. The first kappa shape index (κ1) is 30.7. The highest BCUT2D eigenvalue weighted by Crippen LogP contribution is 2.32. The zero-order valence-electron chi connectivity index (χ0n) is 24.5. The van der Waals surface area contributed by atoms with E-state index in [0.717, 1.165) is 63.1 Å². The van der Waals surface area contributed by atoms with Crippen molar-refractivity contribution in [1.82, 2.24) is 25.1 Å². The number of methoxy groups -OCH3 is 1. The smallest absolute Gasteiger partial charge is 0.433 e. The number of carbonyl (C=O) groups excluding carboxylic acids is 1. The van der Waals surface area contributed by atoms with Crippen molar-refractivity contribution in [3.05, 3.63) is 41.9 Å². The Morgan fingerprint density at radius 2 is 1.59 bits per heavy atom. The first-order valence-electron chi connectivity index (χ1n) is 14.3. The summed E-state index contributed by atoms with van der Waals surface area (Å²) in [5, 5.41) is 3.04. The van der Waals surface area contributed by atoms with E-state index in [9.17, 15) is 18.0 Å². The van der Waals surface area contributed by atoms with E-state index in [2.05, 4.69) is 25.1 Å². The third-order valence-corrected chi connectivity index (χ3v) is 7.54. The summed E-state index contributed by atoms with van der Waals surface area (Å²) in [7, 11) is 1.67. The number of anilines is 2. The lowest BCUT2D eigenvalue weighted by atomic mass is 9.95. The van der Waals surface area contributed by atoms with Crippen LogP contribution in [0, 0.1) is 0 Å². The van der Waals surface area contributed by atoms with E-state index in [1.807, 2.05) is 54.8 Å². The fourth-order valence-electron chi connectivity index (χ4n) is 5.09. The minimum atomic E-state index is -4.51. The molecule has 1 N–H and O–H groups in total. The Hall–Kier alpha value is -3.28. The quantitative estimate of drug-likeness (QED) is 0.471. The molecule has 12 heteroatoms. The van der Waals surface area contributed by atoms with Crippen LogP contribution in [-0.2, 0) is 11.6 Å². The van der Waals surface area contributed by atoms with Crippen LogP contribution in [0.2, 0.25) is 0 Å². The molecule has 2 amide bonds. The fraction of sp³-hybridized carbons (Fsp3) is 0.621. The van der Waals surface area contributed by atoms with Gasteiger partial charge in [0.25, 0.3) is 0 Å². The summed E-state index contributed by atoms with van der Waals surface area (Å²) in [6.45, 7) is 12.5. The number of ether oxygens (including phenoxy) is 1. The number of hydrogen-bond acceptors (Lipinski definition) is 7. The molecule has 4 rings (SSSR count). The summed E-state index contributed by atoms with van der Waals surface area (Å²) in [6, 6.07) is 8.95. The molecule has 226 valence electrons. The maximum absolute atomic E-state index is 13.5. The summed E-state index contributed by atoms with van der Waals surface area (Å²) in [4.78, 5) is 29.2. The molecule has 2 saturated heterocycles. The molecule has 9 nitrogen and oxygen atoms in total. The molecule has 0 spiro atoms. The first-order valence-corrected chi connectivity index (χ1v) is 14.3. The first-order chi connectivity index (χ1) is 19.5. The number of aromatic nitrogens is 2. The van der Waals surface area contributed by atoms with Crippen molar-refractivity contribution in [3.8, 4) is 5.75 Å². The number of benzene rings is 1. The topological polar surface area (TPSA) is 77.1 Å². The van der Waals surface area contributed by atoms with Gasteiger partial charge in [0.2, 0.25) is 0 Å². The van der Waals surface area contributed by atoms with Crippen LogP contribution >= 0.6 is 0 Å². The summed E-state index contributed by atoms with van der Waals surface area (Å²) in [6.07, 6.45) is -2.72. The Labute approximate surface area is 240 Å². The van der Waals surface area contributed by atoms with Gasteiger partial charge in [-0.05, 0) is 31.5 Å². The lowest BCUT2D eigenvalue weighted by Crippen LogP contribution is -2.52. The van der Waals surface area contributed by atoms with Crippen LogP contribution in [0.4, 0.5) is 29.5 Å². The Balaban J connectivity index is 1.15. The van der Waals surface area contributed by atoms with E-state index in [0.29, 0.717) is 38.5 Å². The number of halogens is 3. The Morgan fingerprint density at radius 3 is 2.22 bits per heavy atom. The number of piperazine rings is 2. The summed E-state index contributed by atoms with van der Waals surface area (Å²) in [5.74, 6) is 1.37. The molecular weight excluding hydrogens is 535 g/mol. The van der Waals surface area contributed by atoms with Crippen LogP contribution in [-0.4, -0.2) is 98.4 Å². The molecule has 2 aliphatic rings. The molecule has 2 aromatic rings. The summed E-state index contributed by atoms with van der Waals surface area (Å²) >= 11 is 0. The van der Waals surface area contributed by atoms with Crippen molar-refractivity contribution < 1.29 is 22.7 Å². The predicted octanol–water partition coefficient (Wildman–Crippen LogP) is 4.24. The molecule has 41 heavy (non-hydrogen) atoms. The molecule has 2 aliphatic heterocycles. The van der Waals surface area contributed by atoms with Gasteiger partial charge in [0.15, 0.2) is 0 Å². The average molecular weight is 578 g/mol. The van der Waals surface area contributed by atoms with Gasteiger partial charge < -0.3 is 24.8 Å². The van der Waals surface area contributed by atoms with Gasteiger partial charge in [0.1, 0.15) is 23.1 Å². The monoisotopic (exact) mass is 577 g/mol. The highest BCUT2D eigenvalue weighted by atomic mass is 19.4. The number of nitrogens with one attached hydrogen (secondary N) is 1. The number of rotatable bonds is 8. The highest BCUT2D eigenvalue weighted by Gasteiger charge is 2.36. The largest absolute Gasteiger partial charge is 0.495 e. The second-order valence-electron chi connectivity index (χ2n) is 11.6. The number of carbonyl (C=O) groups is 1. The van der Waals surface area contributed by atoms with Crippen molar-refractivity contribution in [2.45, 2.75) is 45.2 Å². The second kappa shape index (κ2) is 13.1. The number of hydrogen-bond donors (Lipinski definition) is 1. The third-order valence-electron chi connectivity index (χ3n) is 7.54. The standard InChI is InChI=1S/C29H42F3N7O2/c1-28(2,3)26-34-24(29(30,31)32)21-25(35-26)38-15-13-36(14-16-38)12-8-7-11-33-27(40)39-19-17-37(18-20-39)22-9-5-6-10-23(22)41-4/h5-6,9-10,21H,7-8,11-20H2,1-4H3,(H,33,40). The SMILES string of the molecule is COc1ccccc1N1CCN(C(=O)NCCCCN2CCN(c3cc(C(F)(F)F)nc(C(C)(C)C)n3)CC2)CC1. The molecule has 0 unspecified atom stereocenters. The van der Waals surface area contributed by atoms with Crippen molar-refractivity contribution in [2.75, 3.05) is 82.4 Å². The van der Waals surface area contributed by atoms with Gasteiger partial charge in [-0.2, -0.15) is 13.2 Å². The van der Waals surface area contributed by atoms with Gasteiger partial charge in [-0.1, -0.05) is 32.9 Å². The van der Waals surface area contributed by atoms with Crippen LogP contribution in [0.1, 0.15) is 45.1 Å². The molecule has 0 atom stereocenters. The van der Waals surface area contributed by atoms with Crippen molar-refractivity contribution in [2.24, 2.45) is 0 Å². The van der Waals surface area contributed by atoms with Gasteiger partial charge >= 0.3 is 12.2 Å². The van der Waals surface area contributed by atoms with E-state index < -0.39 is 17.3 Å². The normalized spacial score (nSPS) is 17.1. The van der Waals surface area contributed by atoms with E-state index >= 15 is 0 Å². The molecule has 0 radical (unpaired) electrons. The number of unbranched alkanes of at least 4 members (excludes halogenated alkanes) is 1. The number of para-hydroxylation sites is 2. The van der Waals surface area contributed by atoms with Crippen LogP contribution in [0.5, 0.6) is 5.75 Å². The molecule has 0 saturated carbocycles. The minimum Gasteiger partial charge on any atom is -0.495 e. The van der Waals surface area contributed by atoms with E-state index in [1.54, 1.807) is 7.11 Å². The zero-order valence-corrected chi connectivity index (χ0v) is 24.5. The van der Waals surface area contributed by atoms with Crippen molar-refractivity contribution in [1.29, 1.82) is 0 Å². The molecular formula is C29H42F3N7O2. The Bertz CT molecular complexity index is 1120. The summed E-state index contributed by atoms with van der Waals surface area (Å²) < 4.78 is 45.9. The van der Waals surface area contributed by atoms with Crippen LogP contribution in [0.15, 0.2) is 30.3 Å². The number of alkyl halides is 3. The van der Waals surface area contributed by atoms with Gasteiger partial charge in [0.05, 0.1) is 12.8 Å². The number of urea groups is 1. The molecule has 1 aromatic heterocycles. The van der Waals surface area contributed by atoms with Gasteiger partial charge in [-0.25, -0.2) is 14.8 Å². The molecule has 3 heterocycles. The number of amides is 2. The Kier molecular flexibility index (Phi) is 9.83. The third kappa shape index (κ3) is 8.15. The average Bonchev–Trinajstić information content (AvgIpc) is 2.96. The molecule has 1 aromatic carbocycles.